The molecule has 1 N–H and O–H groups in total. The minimum absolute atomic E-state index is 0.120. The lowest BCUT2D eigenvalue weighted by Crippen LogP contribution is -2.26. The zero-order chi connectivity index (χ0) is 15.9. The molecule has 2 aromatic rings. The van der Waals surface area contributed by atoms with E-state index in [9.17, 15) is 4.79 Å². The average molecular weight is 354 g/mol. The lowest BCUT2D eigenvalue weighted by atomic mass is 10.1. The molecule has 116 valence electrons. The molecule has 0 aliphatic carbocycles. The quantitative estimate of drug-likeness (QED) is 0.733. The second kappa shape index (κ2) is 8.47. The van der Waals surface area contributed by atoms with E-state index in [0.29, 0.717) is 22.2 Å². The minimum atomic E-state index is -0.120. The third kappa shape index (κ3) is 4.42. The van der Waals surface area contributed by atoms with Crippen molar-refractivity contribution in [1.82, 2.24) is 5.32 Å². The predicted molar refractivity (Wildman–Crippen MR) is 95.3 cm³/mol. The highest BCUT2D eigenvalue weighted by Gasteiger charge is 2.16. The van der Waals surface area contributed by atoms with Gasteiger partial charge in [0.1, 0.15) is 0 Å². The molecule has 0 saturated heterocycles. The van der Waals surface area contributed by atoms with E-state index in [1.807, 2.05) is 37.3 Å². The molecule has 2 rings (SSSR count). The summed E-state index contributed by atoms with van der Waals surface area (Å²) in [5, 5.41) is 3.86. The first-order chi connectivity index (χ1) is 10.6. The van der Waals surface area contributed by atoms with Crippen LogP contribution in [0.2, 0.25) is 10.0 Å². The Morgan fingerprint density at radius 1 is 1.14 bits per heavy atom. The Kier molecular flexibility index (Phi) is 6.62. The standard InChI is InChI=1S/C17H17Cl2NOS/c1-2-22-16-13(8-9-14(18)15(16)19)17(21)20-11-10-12-6-4-3-5-7-12/h3-9H,2,10-11H2,1H3,(H,20,21). The topological polar surface area (TPSA) is 29.1 Å². The molecule has 0 aromatic heterocycles. The van der Waals surface area contributed by atoms with Crippen molar-refractivity contribution in [3.8, 4) is 0 Å². The molecule has 0 aliphatic heterocycles. The van der Waals surface area contributed by atoms with Gasteiger partial charge in [0.05, 0.1) is 15.6 Å². The van der Waals surface area contributed by atoms with Crippen LogP contribution in [0.1, 0.15) is 22.8 Å². The lowest BCUT2D eigenvalue weighted by molar-refractivity contribution is 0.0951. The van der Waals surface area contributed by atoms with Crippen molar-refractivity contribution in [3.63, 3.8) is 0 Å². The Bertz CT molecular complexity index is 647. The highest BCUT2D eigenvalue weighted by atomic mass is 35.5. The van der Waals surface area contributed by atoms with Crippen molar-refractivity contribution in [2.45, 2.75) is 18.2 Å². The second-order valence-corrected chi connectivity index (χ2v) is 6.72. The zero-order valence-corrected chi connectivity index (χ0v) is 14.6. The Labute approximate surface area is 145 Å². The summed E-state index contributed by atoms with van der Waals surface area (Å²) in [5.41, 5.74) is 1.77. The van der Waals surface area contributed by atoms with E-state index in [1.54, 1.807) is 12.1 Å². The minimum Gasteiger partial charge on any atom is -0.352 e. The van der Waals surface area contributed by atoms with Gasteiger partial charge in [-0.3, -0.25) is 4.79 Å². The number of amides is 1. The summed E-state index contributed by atoms with van der Waals surface area (Å²) < 4.78 is 0. The molecular formula is C17H17Cl2NOS. The summed E-state index contributed by atoms with van der Waals surface area (Å²) in [6.45, 7) is 2.60. The number of carbonyl (C=O) groups excluding carboxylic acids is 1. The van der Waals surface area contributed by atoms with E-state index in [-0.39, 0.29) is 5.91 Å². The summed E-state index contributed by atoms with van der Waals surface area (Å²) in [6.07, 6.45) is 0.796. The summed E-state index contributed by atoms with van der Waals surface area (Å²) in [7, 11) is 0. The molecule has 0 fully saturated rings. The smallest absolute Gasteiger partial charge is 0.252 e. The molecule has 0 spiro atoms. The number of halogens is 2. The second-order valence-electron chi connectivity index (χ2n) is 4.66. The summed E-state index contributed by atoms with van der Waals surface area (Å²) in [4.78, 5) is 13.1. The number of benzene rings is 2. The normalized spacial score (nSPS) is 10.5. The average Bonchev–Trinajstić information content (AvgIpc) is 2.53. The van der Waals surface area contributed by atoms with Gasteiger partial charge in [-0.2, -0.15) is 0 Å². The molecule has 2 aromatic carbocycles. The lowest BCUT2D eigenvalue weighted by Gasteiger charge is -2.12. The van der Waals surface area contributed by atoms with Crippen LogP contribution in [0.4, 0.5) is 0 Å². The van der Waals surface area contributed by atoms with Crippen molar-refractivity contribution >= 4 is 40.9 Å². The molecule has 0 bridgehead atoms. The number of hydrogen-bond acceptors (Lipinski definition) is 2. The van der Waals surface area contributed by atoms with E-state index in [2.05, 4.69) is 5.32 Å². The van der Waals surface area contributed by atoms with Gasteiger partial charge in [0.25, 0.3) is 5.91 Å². The van der Waals surface area contributed by atoms with Crippen LogP contribution in [0.3, 0.4) is 0 Å². The van der Waals surface area contributed by atoms with Crippen LogP contribution in [0.25, 0.3) is 0 Å². The van der Waals surface area contributed by atoms with Gasteiger partial charge < -0.3 is 5.32 Å². The number of thioether (sulfide) groups is 1. The van der Waals surface area contributed by atoms with Gasteiger partial charge in [0, 0.05) is 11.4 Å². The van der Waals surface area contributed by atoms with Crippen LogP contribution in [-0.4, -0.2) is 18.2 Å². The first-order valence-corrected chi connectivity index (χ1v) is 8.80. The molecule has 5 heteroatoms. The van der Waals surface area contributed by atoms with E-state index >= 15 is 0 Å². The van der Waals surface area contributed by atoms with Crippen molar-refractivity contribution < 1.29 is 4.79 Å². The summed E-state index contributed by atoms with van der Waals surface area (Å²) >= 11 is 13.8. The molecule has 0 unspecified atom stereocenters. The monoisotopic (exact) mass is 353 g/mol. The molecule has 22 heavy (non-hydrogen) atoms. The highest BCUT2D eigenvalue weighted by Crippen LogP contribution is 2.35. The maximum Gasteiger partial charge on any atom is 0.252 e. The molecule has 2 nitrogen and oxygen atoms in total. The van der Waals surface area contributed by atoms with Gasteiger partial charge in [-0.05, 0) is 29.9 Å². The summed E-state index contributed by atoms with van der Waals surface area (Å²) in [5.74, 6) is 0.704. The SMILES string of the molecule is CCSc1c(C(=O)NCCc2ccccc2)ccc(Cl)c1Cl. The Balaban J connectivity index is 2.04. The Hall–Kier alpha value is -1.16. The third-order valence-corrected chi connectivity index (χ3v) is 5.04. The van der Waals surface area contributed by atoms with Gasteiger partial charge >= 0.3 is 0 Å². The zero-order valence-electron chi connectivity index (χ0n) is 12.2. The molecule has 0 radical (unpaired) electrons. The maximum atomic E-state index is 12.4. The van der Waals surface area contributed by atoms with Crippen LogP contribution in [0.15, 0.2) is 47.4 Å². The molecule has 0 atom stereocenters. The van der Waals surface area contributed by atoms with Gasteiger partial charge in [0.2, 0.25) is 0 Å². The fraction of sp³-hybridized carbons (Fsp3) is 0.235. The number of hydrogen-bond donors (Lipinski definition) is 1. The highest BCUT2D eigenvalue weighted by molar-refractivity contribution is 7.99. The molecule has 0 aliphatic rings. The third-order valence-electron chi connectivity index (χ3n) is 3.13. The summed E-state index contributed by atoms with van der Waals surface area (Å²) in [6, 6.07) is 13.4. The van der Waals surface area contributed by atoms with Crippen LogP contribution in [-0.2, 0) is 6.42 Å². The van der Waals surface area contributed by atoms with Crippen LogP contribution >= 0.6 is 35.0 Å². The van der Waals surface area contributed by atoms with Crippen LogP contribution in [0, 0.1) is 0 Å². The number of rotatable bonds is 6. The van der Waals surface area contributed by atoms with Crippen molar-refractivity contribution in [3.05, 3.63) is 63.6 Å². The van der Waals surface area contributed by atoms with Gasteiger partial charge in [-0.25, -0.2) is 0 Å². The maximum absolute atomic E-state index is 12.4. The Morgan fingerprint density at radius 3 is 2.55 bits per heavy atom. The number of carbonyl (C=O) groups is 1. The van der Waals surface area contributed by atoms with Gasteiger partial charge in [0.15, 0.2) is 0 Å². The first kappa shape index (κ1) is 17.2. The Morgan fingerprint density at radius 2 is 1.86 bits per heavy atom. The van der Waals surface area contributed by atoms with Gasteiger partial charge in [-0.1, -0.05) is 60.5 Å². The predicted octanol–water partition coefficient (Wildman–Crippen LogP) is 5.08. The van der Waals surface area contributed by atoms with E-state index in [4.69, 9.17) is 23.2 Å². The van der Waals surface area contributed by atoms with Crippen molar-refractivity contribution in [1.29, 1.82) is 0 Å². The fourth-order valence-corrected chi connectivity index (χ4v) is 3.44. The first-order valence-electron chi connectivity index (χ1n) is 7.06. The molecule has 0 saturated carbocycles. The van der Waals surface area contributed by atoms with Gasteiger partial charge in [-0.15, -0.1) is 11.8 Å². The van der Waals surface area contributed by atoms with Crippen LogP contribution < -0.4 is 5.32 Å². The molecule has 0 heterocycles. The fourth-order valence-electron chi connectivity index (χ4n) is 2.06. The molecule has 1 amide bonds. The largest absolute Gasteiger partial charge is 0.352 e. The van der Waals surface area contributed by atoms with Crippen LogP contribution in [0.5, 0.6) is 0 Å². The van der Waals surface area contributed by atoms with Crippen molar-refractivity contribution in [2.75, 3.05) is 12.3 Å². The van der Waals surface area contributed by atoms with E-state index in [0.717, 1.165) is 17.1 Å². The van der Waals surface area contributed by atoms with Crippen molar-refractivity contribution in [2.24, 2.45) is 0 Å². The van der Waals surface area contributed by atoms with E-state index < -0.39 is 0 Å². The van der Waals surface area contributed by atoms with E-state index in [1.165, 1.54) is 17.3 Å². The number of nitrogens with one attached hydrogen (secondary N) is 1. The molecular weight excluding hydrogens is 337 g/mol.